The van der Waals surface area contributed by atoms with E-state index in [0.29, 0.717) is 26.3 Å². The second-order valence-electron chi connectivity index (χ2n) is 3.89. The van der Waals surface area contributed by atoms with Gasteiger partial charge < -0.3 is 14.4 Å². The van der Waals surface area contributed by atoms with Crippen molar-refractivity contribution >= 4 is 6.09 Å². The molecule has 1 aliphatic carbocycles. The van der Waals surface area contributed by atoms with Gasteiger partial charge in [-0.15, -0.1) is 0 Å². The van der Waals surface area contributed by atoms with Gasteiger partial charge in [-0.3, -0.25) is 0 Å². The van der Waals surface area contributed by atoms with E-state index in [-0.39, 0.29) is 12.2 Å². The summed E-state index contributed by atoms with van der Waals surface area (Å²) in [6.07, 6.45) is 4.49. The predicted octanol–water partition coefficient (Wildman–Crippen LogP) is 1.40. The van der Waals surface area contributed by atoms with E-state index in [0.717, 1.165) is 12.8 Å². The van der Waals surface area contributed by atoms with Crippen molar-refractivity contribution in [2.24, 2.45) is 0 Å². The van der Waals surface area contributed by atoms with E-state index >= 15 is 0 Å². The van der Waals surface area contributed by atoms with Gasteiger partial charge >= 0.3 is 6.09 Å². The van der Waals surface area contributed by atoms with Crippen LogP contribution in [0.4, 0.5) is 4.79 Å². The van der Waals surface area contributed by atoms with Crippen molar-refractivity contribution in [3.63, 3.8) is 0 Å². The molecule has 4 heteroatoms. The van der Waals surface area contributed by atoms with Crippen molar-refractivity contribution in [3.05, 3.63) is 0 Å². The summed E-state index contributed by atoms with van der Waals surface area (Å²) in [5, 5.41) is 0. The molecule has 0 aromatic rings. The van der Waals surface area contributed by atoms with E-state index in [4.69, 9.17) is 9.47 Å². The highest BCUT2D eigenvalue weighted by Gasteiger charge is 2.23. The van der Waals surface area contributed by atoms with Gasteiger partial charge in [0.2, 0.25) is 0 Å². The van der Waals surface area contributed by atoms with Gasteiger partial charge in [0, 0.05) is 13.1 Å². The lowest BCUT2D eigenvalue weighted by Gasteiger charge is -2.27. The molecule has 1 heterocycles. The van der Waals surface area contributed by atoms with E-state index in [1.165, 1.54) is 12.8 Å². The molecular weight excluding hydrogens is 182 g/mol. The van der Waals surface area contributed by atoms with Crippen molar-refractivity contribution in [1.29, 1.82) is 0 Å². The summed E-state index contributed by atoms with van der Waals surface area (Å²) < 4.78 is 10.6. The molecule has 1 saturated carbocycles. The Morgan fingerprint density at radius 1 is 1.21 bits per heavy atom. The lowest BCUT2D eigenvalue weighted by molar-refractivity contribution is 0.0137. The van der Waals surface area contributed by atoms with Crippen LogP contribution in [0.3, 0.4) is 0 Å². The lowest BCUT2D eigenvalue weighted by Crippen LogP contribution is -2.42. The van der Waals surface area contributed by atoms with Crippen LogP contribution in [0.5, 0.6) is 0 Å². The summed E-state index contributed by atoms with van der Waals surface area (Å²) in [7, 11) is 0. The van der Waals surface area contributed by atoms with Gasteiger partial charge in [0.05, 0.1) is 13.2 Å². The molecule has 0 bridgehead atoms. The molecule has 0 atom stereocenters. The molecule has 14 heavy (non-hydrogen) atoms. The van der Waals surface area contributed by atoms with Crippen LogP contribution < -0.4 is 0 Å². The first-order chi connectivity index (χ1) is 6.86. The molecule has 2 rings (SSSR count). The van der Waals surface area contributed by atoms with Crippen LogP contribution in [0, 0.1) is 0 Å². The van der Waals surface area contributed by atoms with Gasteiger partial charge in [-0.05, 0) is 25.7 Å². The summed E-state index contributed by atoms with van der Waals surface area (Å²) >= 11 is 0. The molecule has 0 N–H and O–H groups in total. The third-order valence-corrected chi connectivity index (χ3v) is 2.84. The van der Waals surface area contributed by atoms with E-state index < -0.39 is 0 Å². The minimum Gasteiger partial charge on any atom is -0.446 e. The standard InChI is InChI=1S/C10H17NO3/c12-10(11-5-7-13-8-6-11)14-9-3-1-2-4-9/h9H,1-8H2. The fraction of sp³-hybridized carbons (Fsp3) is 0.900. The van der Waals surface area contributed by atoms with Crippen LogP contribution in [0.2, 0.25) is 0 Å². The molecule has 1 saturated heterocycles. The average molecular weight is 199 g/mol. The number of hydrogen-bond donors (Lipinski definition) is 0. The molecule has 1 aliphatic heterocycles. The number of ether oxygens (including phenoxy) is 2. The van der Waals surface area contributed by atoms with Crippen LogP contribution in [0.15, 0.2) is 0 Å². The highest BCUT2D eigenvalue weighted by molar-refractivity contribution is 5.67. The van der Waals surface area contributed by atoms with Gasteiger partial charge in [0.1, 0.15) is 6.10 Å². The zero-order chi connectivity index (χ0) is 9.80. The minimum absolute atomic E-state index is 0.153. The Morgan fingerprint density at radius 2 is 1.86 bits per heavy atom. The van der Waals surface area contributed by atoms with Gasteiger partial charge in [0.25, 0.3) is 0 Å². The molecule has 0 radical (unpaired) electrons. The number of hydrogen-bond acceptors (Lipinski definition) is 3. The molecule has 1 amide bonds. The van der Waals surface area contributed by atoms with E-state index in [1.54, 1.807) is 4.90 Å². The molecule has 2 aliphatic rings. The Kier molecular flexibility index (Phi) is 3.24. The first kappa shape index (κ1) is 9.77. The minimum atomic E-state index is -0.153. The van der Waals surface area contributed by atoms with Crippen LogP contribution in [-0.4, -0.2) is 43.4 Å². The van der Waals surface area contributed by atoms with Gasteiger partial charge in [-0.2, -0.15) is 0 Å². The van der Waals surface area contributed by atoms with Crippen molar-refractivity contribution in [1.82, 2.24) is 4.90 Å². The third kappa shape index (κ3) is 2.38. The summed E-state index contributed by atoms with van der Waals surface area (Å²) in [5.74, 6) is 0. The van der Waals surface area contributed by atoms with Crippen molar-refractivity contribution in [3.8, 4) is 0 Å². The molecule has 4 nitrogen and oxygen atoms in total. The first-order valence-corrected chi connectivity index (χ1v) is 5.39. The van der Waals surface area contributed by atoms with Crippen LogP contribution >= 0.6 is 0 Å². The number of rotatable bonds is 1. The smallest absolute Gasteiger partial charge is 0.410 e. The van der Waals surface area contributed by atoms with E-state index in [2.05, 4.69) is 0 Å². The lowest BCUT2D eigenvalue weighted by atomic mass is 10.3. The Balaban J connectivity index is 1.75. The summed E-state index contributed by atoms with van der Waals surface area (Å²) in [4.78, 5) is 13.3. The highest BCUT2D eigenvalue weighted by Crippen LogP contribution is 2.21. The second-order valence-corrected chi connectivity index (χ2v) is 3.89. The molecule has 0 aromatic carbocycles. The van der Waals surface area contributed by atoms with E-state index in [1.807, 2.05) is 0 Å². The second kappa shape index (κ2) is 4.64. The molecule has 80 valence electrons. The SMILES string of the molecule is O=C(OC1CCCC1)N1CCOCC1. The van der Waals surface area contributed by atoms with Crippen LogP contribution in [0.25, 0.3) is 0 Å². The van der Waals surface area contributed by atoms with Crippen molar-refractivity contribution < 1.29 is 14.3 Å². The Hall–Kier alpha value is -0.770. The Morgan fingerprint density at radius 3 is 2.50 bits per heavy atom. The zero-order valence-corrected chi connectivity index (χ0v) is 8.41. The predicted molar refractivity (Wildman–Crippen MR) is 51.1 cm³/mol. The number of morpholine rings is 1. The fourth-order valence-corrected chi connectivity index (χ4v) is 1.97. The fourth-order valence-electron chi connectivity index (χ4n) is 1.97. The summed E-state index contributed by atoms with van der Waals surface area (Å²) in [6.45, 7) is 2.62. The summed E-state index contributed by atoms with van der Waals surface area (Å²) in [6, 6.07) is 0. The van der Waals surface area contributed by atoms with Crippen LogP contribution in [-0.2, 0) is 9.47 Å². The normalized spacial score (nSPS) is 23.9. The molecule has 2 fully saturated rings. The van der Waals surface area contributed by atoms with E-state index in [9.17, 15) is 4.79 Å². The quantitative estimate of drug-likeness (QED) is 0.640. The number of nitrogens with zero attached hydrogens (tertiary/aromatic N) is 1. The van der Waals surface area contributed by atoms with Gasteiger partial charge in [-0.25, -0.2) is 4.79 Å². The maximum atomic E-state index is 11.6. The van der Waals surface area contributed by atoms with Crippen molar-refractivity contribution in [2.45, 2.75) is 31.8 Å². The summed E-state index contributed by atoms with van der Waals surface area (Å²) in [5.41, 5.74) is 0. The topological polar surface area (TPSA) is 38.8 Å². The van der Waals surface area contributed by atoms with Crippen LogP contribution in [0.1, 0.15) is 25.7 Å². The monoisotopic (exact) mass is 199 g/mol. The number of carbonyl (C=O) groups excluding carboxylic acids is 1. The van der Waals surface area contributed by atoms with Crippen molar-refractivity contribution in [2.75, 3.05) is 26.3 Å². The number of carbonyl (C=O) groups is 1. The molecular formula is C10H17NO3. The van der Waals surface area contributed by atoms with Gasteiger partial charge in [0.15, 0.2) is 0 Å². The molecule has 0 spiro atoms. The molecule has 0 unspecified atom stereocenters. The maximum Gasteiger partial charge on any atom is 0.410 e. The number of amides is 1. The van der Waals surface area contributed by atoms with Gasteiger partial charge in [-0.1, -0.05) is 0 Å². The highest BCUT2D eigenvalue weighted by atomic mass is 16.6. The first-order valence-electron chi connectivity index (χ1n) is 5.39. The zero-order valence-electron chi connectivity index (χ0n) is 8.41. The maximum absolute atomic E-state index is 11.6. The third-order valence-electron chi connectivity index (χ3n) is 2.84. The Labute approximate surface area is 84.2 Å². The average Bonchev–Trinajstić information content (AvgIpc) is 2.72. The largest absolute Gasteiger partial charge is 0.446 e. The Bertz CT molecular complexity index is 196. The molecule has 0 aromatic heterocycles.